The zero-order valence-corrected chi connectivity index (χ0v) is 14.8. The molecule has 2 aromatic rings. The van der Waals surface area contributed by atoms with E-state index in [1.807, 2.05) is 54.5 Å². The van der Waals surface area contributed by atoms with E-state index in [4.69, 9.17) is 0 Å². The third kappa shape index (κ3) is 4.36. The van der Waals surface area contributed by atoms with E-state index in [1.54, 1.807) is 4.68 Å². The van der Waals surface area contributed by atoms with Crippen LogP contribution in [0.4, 0.5) is 0 Å². The normalized spacial score (nSPS) is 15.1. The highest BCUT2D eigenvalue weighted by molar-refractivity contribution is 5.92. The molecule has 24 heavy (non-hydrogen) atoms. The molecule has 2 heterocycles. The number of piperidine rings is 1. The van der Waals surface area contributed by atoms with Gasteiger partial charge in [0.2, 0.25) is 0 Å². The van der Waals surface area contributed by atoms with Gasteiger partial charge in [-0.15, -0.1) is 12.4 Å². The van der Waals surface area contributed by atoms with E-state index in [2.05, 4.69) is 10.4 Å². The summed E-state index contributed by atoms with van der Waals surface area (Å²) >= 11 is 0. The summed E-state index contributed by atoms with van der Waals surface area (Å²) in [4.78, 5) is 14.5. The van der Waals surface area contributed by atoms with E-state index >= 15 is 0 Å². The molecule has 0 bridgehead atoms. The first-order chi connectivity index (χ1) is 11.3. The Morgan fingerprint density at radius 1 is 1.21 bits per heavy atom. The number of likely N-dealkylation sites (tertiary alicyclic amines) is 1. The molecule has 1 aromatic carbocycles. The van der Waals surface area contributed by atoms with Gasteiger partial charge < -0.3 is 10.2 Å². The van der Waals surface area contributed by atoms with Crippen molar-refractivity contribution in [3.63, 3.8) is 0 Å². The highest BCUT2D eigenvalue weighted by atomic mass is 35.5. The molecule has 0 spiro atoms. The number of carbonyl (C=O) groups excluding carboxylic acids is 1. The minimum atomic E-state index is 0. The standard InChI is InChI=1S/C18H24N4O.ClH/c1-19-11-7-15-8-12-21(13-9-15)18(23)17-10-14-22(20-17)16-5-3-2-4-6-16;/h2-6,10,14-15,19H,7-9,11-13H2,1H3;1H. The number of aromatic nitrogens is 2. The number of amides is 1. The molecule has 1 aliphatic heterocycles. The lowest BCUT2D eigenvalue weighted by Crippen LogP contribution is -2.39. The Morgan fingerprint density at radius 2 is 1.92 bits per heavy atom. The van der Waals surface area contributed by atoms with Gasteiger partial charge in [-0.05, 0) is 57.0 Å². The number of halogens is 1. The van der Waals surface area contributed by atoms with Gasteiger partial charge in [0.15, 0.2) is 5.69 Å². The summed E-state index contributed by atoms with van der Waals surface area (Å²) in [5.41, 5.74) is 1.50. The molecular weight excluding hydrogens is 324 g/mol. The zero-order chi connectivity index (χ0) is 16.1. The minimum absolute atomic E-state index is 0. The summed E-state index contributed by atoms with van der Waals surface area (Å²) in [6.07, 6.45) is 5.23. The Morgan fingerprint density at radius 3 is 2.58 bits per heavy atom. The summed E-state index contributed by atoms with van der Waals surface area (Å²) in [7, 11) is 1.99. The number of nitrogens with zero attached hydrogens (tertiary/aromatic N) is 3. The fraction of sp³-hybridized carbons (Fsp3) is 0.444. The number of carbonyl (C=O) groups is 1. The van der Waals surface area contributed by atoms with Crippen LogP contribution in [-0.4, -0.2) is 47.3 Å². The summed E-state index contributed by atoms with van der Waals surface area (Å²) < 4.78 is 1.76. The number of nitrogens with one attached hydrogen (secondary N) is 1. The van der Waals surface area contributed by atoms with Gasteiger partial charge in [0.1, 0.15) is 0 Å². The Bertz CT molecular complexity index is 635. The van der Waals surface area contributed by atoms with Crippen LogP contribution in [0.25, 0.3) is 5.69 Å². The SMILES string of the molecule is CNCCC1CCN(C(=O)c2ccn(-c3ccccc3)n2)CC1.Cl. The Balaban J connectivity index is 0.00000208. The Kier molecular flexibility index (Phi) is 6.82. The molecule has 1 aromatic heterocycles. The molecule has 0 atom stereocenters. The average Bonchev–Trinajstić information content (AvgIpc) is 3.11. The van der Waals surface area contributed by atoms with E-state index in [1.165, 1.54) is 6.42 Å². The monoisotopic (exact) mass is 348 g/mol. The number of hydrogen-bond acceptors (Lipinski definition) is 3. The topological polar surface area (TPSA) is 50.2 Å². The minimum Gasteiger partial charge on any atom is -0.337 e. The maximum Gasteiger partial charge on any atom is 0.274 e. The van der Waals surface area contributed by atoms with E-state index in [-0.39, 0.29) is 18.3 Å². The van der Waals surface area contributed by atoms with Gasteiger partial charge in [-0.1, -0.05) is 18.2 Å². The largest absolute Gasteiger partial charge is 0.337 e. The smallest absolute Gasteiger partial charge is 0.274 e. The van der Waals surface area contributed by atoms with Gasteiger partial charge in [0, 0.05) is 19.3 Å². The van der Waals surface area contributed by atoms with Gasteiger partial charge in [-0.3, -0.25) is 4.79 Å². The molecule has 130 valence electrons. The first-order valence-corrected chi connectivity index (χ1v) is 8.33. The quantitative estimate of drug-likeness (QED) is 0.903. The second-order valence-corrected chi connectivity index (χ2v) is 6.11. The maximum atomic E-state index is 12.6. The van der Waals surface area contributed by atoms with Crippen LogP contribution >= 0.6 is 12.4 Å². The molecule has 0 saturated carbocycles. The van der Waals surface area contributed by atoms with Crippen LogP contribution in [0.1, 0.15) is 29.8 Å². The van der Waals surface area contributed by atoms with E-state index in [9.17, 15) is 4.79 Å². The van der Waals surface area contributed by atoms with Crippen LogP contribution < -0.4 is 5.32 Å². The van der Waals surface area contributed by atoms with Crippen LogP contribution in [0.3, 0.4) is 0 Å². The van der Waals surface area contributed by atoms with Crippen LogP contribution in [0.2, 0.25) is 0 Å². The summed E-state index contributed by atoms with van der Waals surface area (Å²) in [5, 5.41) is 7.64. The second-order valence-electron chi connectivity index (χ2n) is 6.11. The predicted octanol–water partition coefficient (Wildman–Crippen LogP) is 2.76. The fourth-order valence-electron chi connectivity index (χ4n) is 3.10. The van der Waals surface area contributed by atoms with Gasteiger partial charge in [-0.2, -0.15) is 5.10 Å². The second kappa shape index (κ2) is 8.85. The van der Waals surface area contributed by atoms with Crippen molar-refractivity contribution in [1.82, 2.24) is 20.0 Å². The van der Waals surface area contributed by atoms with Crippen molar-refractivity contribution in [2.24, 2.45) is 5.92 Å². The molecule has 5 nitrogen and oxygen atoms in total. The fourth-order valence-corrected chi connectivity index (χ4v) is 3.10. The molecule has 6 heteroatoms. The first-order valence-electron chi connectivity index (χ1n) is 8.33. The van der Waals surface area contributed by atoms with Crippen molar-refractivity contribution in [3.8, 4) is 5.69 Å². The molecule has 1 N–H and O–H groups in total. The maximum absolute atomic E-state index is 12.6. The molecule has 1 amide bonds. The third-order valence-corrected chi connectivity index (χ3v) is 4.53. The van der Waals surface area contributed by atoms with Gasteiger partial charge in [-0.25, -0.2) is 4.68 Å². The van der Waals surface area contributed by atoms with Gasteiger partial charge in [0.25, 0.3) is 5.91 Å². The van der Waals surface area contributed by atoms with Gasteiger partial charge in [0.05, 0.1) is 5.69 Å². The van der Waals surface area contributed by atoms with Crippen LogP contribution in [0.5, 0.6) is 0 Å². The zero-order valence-electron chi connectivity index (χ0n) is 14.0. The lowest BCUT2D eigenvalue weighted by Gasteiger charge is -2.31. The highest BCUT2D eigenvalue weighted by Crippen LogP contribution is 2.21. The molecular formula is C18H25ClN4O. The highest BCUT2D eigenvalue weighted by Gasteiger charge is 2.24. The Labute approximate surface area is 149 Å². The molecule has 3 rings (SSSR count). The summed E-state index contributed by atoms with van der Waals surface area (Å²) in [6, 6.07) is 11.7. The van der Waals surface area contributed by atoms with E-state index in [0.717, 1.165) is 44.1 Å². The number of rotatable bonds is 5. The predicted molar refractivity (Wildman–Crippen MR) is 98.0 cm³/mol. The molecule has 1 saturated heterocycles. The van der Waals surface area contributed by atoms with Crippen molar-refractivity contribution in [2.45, 2.75) is 19.3 Å². The summed E-state index contributed by atoms with van der Waals surface area (Å²) in [5.74, 6) is 0.778. The third-order valence-electron chi connectivity index (χ3n) is 4.53. The molecule has 0 radical (unpaired) electrons. The average molecular weight is 349 g/mol. The van der Waals surface area contributed by atoms with Gasteiger partial charge >= 0.3 is 0 Å². The number of hydrogen-bond donors (Lipinski definition) is 1. The van der Waals surface area contributed by atoms with Crippen LogP contribution in [0.15, 0.2) is 42.6 Å². The number of benzene rings is 1. The number of para-hydroxylation sites is 1. The van der Waals surface area contributed by atoms with Crippen molar-refractivity contribution < 1.29 is 4.79 Å². The van der Waals surface area contributed by atoms with Crippen LogP contribution in [-0.2, 0) is 0 Å². The Hall–Kier alpha value is -1.85. The molecule has 1 fully saturated rings. The lowest BCUT2D eigenvalue weighted by molar-refractivity contribution is 0.0680. The first kappa shape index (κ1) is 18.5. The van der Waals surface area contributed by atoms with Crippen molar-refractivity contribution in [3.05, 3.63) is 48.3 Å². The van der Waals surface area contributed by atoms with Crippen molar-refractivity contribution in [2.75, 3.05) is 26.7 Å². The summed E-state index contributed by atoms with van der Waals surface area (Å²) in [6.45, 7) is 2.73. The molecule has 0 unspecified atom stereocenters. The van der Waals surface area contributed by atoms with E-state index < -0.39 is 0 Å². The lowest BCUT2D eigenvalue weighted by atomic mass is 9.93. The van der Waals surface area contributed by atoms with Crippen LogP contribution in [0, 0.1) is 5.92 Å². The van der Waals surface area contributed by atoms with E-state index in [0.29, 0.717) is 5.69 Å². The van der Waals surface area contributed by atoms with Crippen molar-refractivity contribution in [1.29, 1.82) is 0 Å². The van der Waals surface area contributed by atoms with Crippen molar-refractivity contribution >= 4 is 18.3 Å². The molecule has 0 aliphatic carbocycles. The molecule has 1 aliphatic rings.